The highest BCUT2D eigenvalue weighted by Gasteiger charge is 2.48. The van der Waals surface area contributed by atoms with Gasteiger partial charge in [-0.05, 0) is 51.4 Å². The molecule has 3 unspecified atom stereocenters. The molecule has 0 spiro atoms. The summed E-state index contributed by atoms with van der Waals surface area (Å²) >= 11 is 0. The zero-order chi connectivity index (χ0) is 26.7. The second kappa shape index (κ2) is 20.0. The molecule has 0 aromatic heterocycles. The van der Waals surface area contributed by atoms with E-state index in [0.29, 0.717) is 12.8 Å². The summed E-state index contributed by atoms with van der Waals surface area (Å²) in [5.41, 5.74) is -0.878. The van der Waals surface area contributed by atoms with E-state index in [2.05, 4.69) is 20.8 Å². The summed E-state index contributed by atoms with van der Waals surface area (Å²) in [6, 6.07) is 0. The van der Waals surface area contributed by atoms with E-state index in [9.17, 15) is 14.7 Å². The molecule has 0 aliphatic heterocycles. The largest absolute Gasteiger partial charge is 0.481 e. The van der Waals surface area contributed by atoms with Crippen molar-refractivity contribution in [2.45, 2.75) is 175 Å². The Balaban J connectivity index is 2.46. The first-order valence-corrected chi connectivity index (χ1v) is 15.7. The van der Waals surface area contributed by atoms with Crippen LogP contribution in [0.2, 0.25) is 0 Å². The maximum atomic E-state index is 13.3. The van der Waals surface area contributed by atoms with Crippen LogP contribution in [0.1, 0.15) is 169 Å². The number of rotatable bonds is 22. The molecule has 0 heterocycles. The third-order valence-corrected chi connectivity index (χ3v) is 8.43. The lowest BCUT2D eigenvalue weighted by atomic mass is 9.67. The van der Waals surface area contributed by atoms with Crippen molar-refractivity contribution in [1.82, 2.24) is 0 Å². The number of hydrogen-bond acceptors (Lipinski definition) is 3. The highest BCUT2D eigenvalue weighted by Crippen LogP contribution is 2.42. The van der Waals surface area contributed by atoms with E-state index in [4.69, 9.17) is 4.74 Å². The van der Waals surface area contributed by atoms with Gasteiger partial charge in [0.2, 0.25) is 0 Å². The van der Waals surface area contributed by atoms with Gasteiger partial charge in [-0.3, -0.25) is 9.59 Å². The summed E-state index contributed by atoms with van der Waals surface area (Å²) in [5, 5.41) is 9.73. The minimum Gasteiger partial charge on any atom is -0.481 e. The Labute approximate surface area is 223 Å². The Bertz CT molecular complexity index is 573. The fourth-order valence-electron chi connectivity index (χ4n) is 5.84. The van der Waals surface area contributed by atoms with Gasteiger partial charge in [-0.25, -0.2) is 0 Å². The van der Waals surface area contributed by atoms with Gasteiger partial charge in [-0.1, -0.05) is 124 Å². The van der Waals surface area contributed by atoms with Crippen LogP contribution >= 0.6 is 0 Å². The minimum absolute atomic E-state index is 0.0598. The van der Waals surface area contributed by atoms with Crippen LogP contribution in [-0.4, -0.2) is 23.1 Å². The smallest absolute Gasteiger partial charge is 0.312 e. The predicted molar refractivity (Wildman–Crippen MR) is 151 cm³/mol. The maximum absolute atomic E-state index is 13.3. The summed E-state index contributed by atoms with van der Waals surface area (Å²) in [7, 11) is 0. The number of hydrogen-bond donors (Lipinski definition) is 1. The lowest BCUT2D eigenvalue weighted by Gasteiger charge is -2.37. The van der Waals surface area contributed by atoms with Crippen LogP contribution in [0.5, 0.6) is 0 Å². The average molecular weight is 509 g/mol. The topological polar surface area (TPSA) is 63.6 Å². The van der Waals surface area contributed by atoms with Gasteiger partial charge in [0.1, 0.15) is 6.10 Å². The zero-order valence-electron chi connectivity index (χ0n) is 24.5. The fourth-order valence-corrected chi connectivity index (χ4v) is 5.84. The maximum Gasteiger partial charge on any atom is 0.312 e. The molecule has 212 valence electrons. The molecule has 0 aromatic carbocycles. The van der Waals surface area contributed by atoms with E-state index in [1.165, 1.54) is 89.9 Å². The van der Waals surface area contributed by atoms with Gasteiger partial charge in [0.15, 0.2) is 0 Å². The molecule has 36 heavy (non-hydrogen) atoms. The summed E-state index contributed by atoms with van der Waals surface area (Å²) < 4.78 is 6.11. The summed E-state index contributed by atoms with van der Waals surface area (Å²) in [6.45, 7) is 8.67. The van der Waals surface area contributed by atoms with Crippen molar-refractivity contribution in [1.29, 1.82) is 0 Å². The van der Waals surface area contributed by atoms with Crippen molar-refractivity contribution < 1.29 is 19.4 Å². The van der Waals surface area contributed by atoms with E-state index < -0.39 is 17.3 Å². The van der Waals surface area contributed by atoms with Gasteiger partial charge in [0.25, 0.3) is 0 Å². The monoisotopic (exact) mass is 508 g/mol. The number of aliphatic carboxylic acids is 1. The van der Waals surface area contributed by atoms with Crippen molar-refractivity contribution >= 4 is 11.9 Å². The van der Waals surface area contributed by atoms with Crippen molar-refractivity contribution in [3.05, 3.63) is 0 Å². The summed E-state index contributed by atoms with van der Waals surface area (Å²) in [4.78, 5) is 25.1. The molecule has 0 radical (unpaired) electrons. The highest BCUT2D eigenvalue weighted by molar-refractivity contribution is 5.84. The molecule has 4 nitrogen and oxygen atoms in total. The van der Waals surface area contributed by atoms with E-state index in [1.807, 2.05) is 6.92 Å². The number of carbonyl (C=O) groups excluding carboxylic acids is 1. The van der Waals surface area contributed by atoms with Crippen LogP contribution < -0.4 is 0 Å². The summed E-state index contributed by atoms with van der Waals surface area (Å²) in [6.07, 6.45) is 25.2. The van der Waals surface area contributed by atoms with E-state index in [0.717, 1.165) is 44.4 Å². The van der Waals surface area contributed by atoms with Crippen molar-refractivity contribution in [2.75, 3.05) is 0 Å². The number of carbonyl (C=O) groups is 2. The number of carboxylic acids is 1. The Morgan fingerprint density at radius 3 is 1.72 bits per heavy atom. The average Bonchev–Trinajstić information content (AvgIpc) is 2.84. The normalized spacial score (nSPS) is 21.0. The molecule has 0 saturated heterocycles. The van der Waals surface area contributed by atoms with Crippen molar-refractivity contribution in [3.8, 4) is 0 Å². The second-order valence-corrected chi connectivity index (χ2v) is 12.3. The standard InChI is InChI=1S/C32H60O4/c1-5-6-7-8-9-10-11-12-15-18-23-28(24-19-16-13-14-17-22-27(2)3)36-31(35)32(4)26-21-20-25-29(32)30(33)34/h27-29H,5-26H2,1-4H3,(H,33,34). The molecule has 0 bridgehead atoms. The Kier molecular flexibility index (Phi) is 18.3. The van der Waals surface area contributed by atoms with Crippen molar-refractivity contribution in [3.63, 3.8) is 0 Å². The first-order chi connectivity index (χ1) is 17.3. The molecule has 1 aliphatic rings. The first-order valence-electron chi connectivity index (χ1n) is 15.7. The number of esters is 1. The SMILES string of the molecule is CCCCCCCCCCCCC(CCCCCCCC(C)C)OC(=O)C1(C)CCCCC1C(=O)O. The molecule has 1 saturated carbocycles. The molecule has 1 fully saturated rings. The van der Waals surface area contributed by atoms with Crippen LogP contribution in [0.25, 0.3) is 0 Å². The van der Waals surface area contributed by atoms with Crippen molar-refractivity contribution in [2.24, 2.45) is 17.3 Å². The van der Waals surface area contributed by atoms with Gasteiger partial charge >= 0.3 is 11.9 Å². The molecule has 1 aliphatic carbocycles. The van der Waals surface area contributed by atoms with E-state index >= 15 is 0 Å². The Hall–Kier alpha value is -1.06. The Morgan fingerprint density at radius 1 is 0.778 bits per heavy atom. The van der Waals surface area contributed by atoms with Crippen LogP contribution in [0.4, 0.5) is 0 Å². The second-order valence-electron chi connectivity index (χ2n) is 12.3. The number of carboxylic acid groups (broad SMARTS) is 1. The Morgan fingerprint density at radius 2 is 1.25 bits per heavy atom. The molecule has 0 amide bonds. The summed E-state index contributed by atoms with van der Waals surface area (Å²) in [5.74, 6) is -0.936. The van der Waals surface area contributed by atoms with Crippen LogP contribution in [-0.2, 0) is 14.3 Å². The minimum atomic E-state index is -0.878. The van der Waals surface area contributed by atoms with E-state index in [1.54, 1.807) is 0 Å². The highest BCUT2D eigenvalue weighted by atomic mass is 16.5. The van der Waals surface area contributed by atoms with Crippen LogP contribution in [0.15, 0.2) is 0 Å². The van der Waals surface area contributed by atoms with Gasteiger partial charge < -0.3 is 9.84 Å². The van der Waals surface area contributed by atoms with Gasteiger partial charge in [-0.2, -0.15) is 0 Å². The lowest BCUT2D eigenvalue weighted by Crippen LogP contribution is -2.44. The molecular formula is C32H60O4. The molecule has 0 aromatic rings. The van der Waals surface area contributed by atoms with E-state index in [-0.39, 0.29) is 12.1 Å². The third-order valence-electron chi connectivity index (χ3n) is 8.43. The molecule has 1 N–H and O–H groups in total. The molecular weight excluding hydrogens is 448 g/mol. The number of ether oxygens (including phenoxy) is 1. The molecule has 3 atom stereocenters. The fraction of sp³-hybridized carbons (Fsp3) is 0.938. The first kappa shape index (κ1) is 33.0. The third kappa shape index (κ3) is 14.0. The van der Waals surface area contributed by atoms with Gasteiger partial charge in [0.05, 0.1) is 11.3 Å². The van der Waals surface area contributed by atoms with Crippen LogP contribution in [0.3, 0.4) is 0 Å². The predicted octanol–water partition coefficient (Wildman–Crippen LogP) is 9.88. The lowest BCUT2D eigenvalue weighted by molar-refractivity contribution is -0.174. The zero-order valence-corrected chi connectivity index (χ0v) is 24.5. The molecule has 4 heteroatoms. The molecule has 1 rings (SSSR count). The quantitative estimate of drug-likeness (QED) is 0.117. The van der Waals surface area contributed by atoms with Gasteiger partial charge in [-0.15, -0.1) is 0 Å². The number of unbranched alkanes of at least 4 members (excludes halogenated alkanes) is 13. The van der Waals surface area contributed by atoms with Crippen LogP contribution in [0, 0.1) is 17.3 Å². The van der Waals surface area contributed by atoms with Gasteiger partial charge in [0, 0.05) is 0 Å².